The van der Waals surface area contributed by atoms with Gasteiger partial charge < -0.3 is 19.8 Å². The second-order valence-corrected chi connectivity index (χ2v) is 11.2. The van der Waals surface area contributed by atoms with Gasteiger partial charge in [0, 0.05) is 38.4 Å². The van der Waals surface area contributed by atoms with Gasteiger partial charge in [0.15, 0.2) is 0 Å². The van der Waals surface area contributed by atoms with Crippen molar-refractivity contribution in [3.63, 3.8) is 0 Å². The van der Waals surface area contributed by atoms with Crippen LogP contribution >= 0.6 is 43.2 Å². The molecule has 1 unspecified atom stereocenters. The van der Waals surface area contributed by atoms with E-state index in [9.17, 15) is 23.5 Å². The van der Waals surface area contributed by atoms with Gasteiger partial charge in [-0.05, 0) is 59.3 Å². The number of carbonyl (C=O) groups is 2. The van der Waals surface area contributed by atoms with Gasteiger partial charge in [0.2, 0.25) is 0 Å². The van der Waals surface area contributed by atoms with Crippen molar-refractivity contribution in [3.05, 3.63) is 54.6 Å². The molecule has 0 saturated carbocycles. The molecule has 1 fully saturated rings. The Morgan fingerprint density at radius 3 is 2.74 bits per heavy atom. The normalized spacial score (nSPS) is 18.5. The molecule has 6 nitrogen and oxygen atoms in total. The number of amides is 1. The van der Waals surface area contributed by atoms with Crippen molar-refractivity contribution < 1.29 is 33.3 Å². The highest BCUT2D eigenvalue weighted by Gasteiger charge is 2.43. The van der Waals surface area contributed by atoms with E-state index in [0.717, 1.165) is 4.88 Å². The van der Waals surface area contributed by atoms with Gasteiger partial charge in [0.25, 0.3) is 5.92 Å². The molecule has 3 atom stereocenters. The standard InChI is InChI=1S/C23H25Br2F2NO5S/c1-13(10-20(29)23(26,27)14-4-2-5-15(24)11-14)17-7-9-33-22(32)28(17)8-3-6-18-16(25)12-19(34-18)21(30)31/h2,4-5,11-13,17,20,29H,3,6-10H2,1H3,(H,30,31)/t13?,17-,20-/m1/s1. The number of hydrogen-bond donors (Lipinski definition) is 2. The molecule has 0 bridgehead atoms. The number of aliphatic hydroxyl groups excluding tert-OH is 1. The second-order valence-electron chi connectivity index (χ2n) is 8.32. The zero-order valence-corrected chi connectivity index (χ0v) is 22.3. The van der Waals surface area contributed by atoms with Crippen molar-refractivity contribution in [2.75, 3.05) is 13.2 Å². The number of aromatic carboxylic acids is 1. The van der Waals surface area contributed by atoms with Gasteiger partial charge in [-0.15, -0.1) is 11.3 Å². The van der Waals surface area contributed by atoms with Crippen LogP contribution in [0.3, 0.4) is 0 Å². The van der Waals surface area contributed by atoms with E-state index in [1.807, 2.05) is 0 Å². The van der Waals surface area contributed by atoms with E-state index >= 15 is 0 Å². The highest BCUT2D eigenvalue weighted by Crippen LogP contribution is 2.37. The molecule has 2 aromatic rings. The lowest BCUT2D eigenvalue weighted by molar-refractivity contribution is -0.126. The Labute approximate surface area is 217 Å². The van der Waals surface area contributed by atoms with Crippen LogP contribution in [0, 0.1) is 5.92 Å². The van der Waals surface area contributed by atoms with Crippen LogP contribution in [0.2, 0.25) is 0 Å². The number of rotatable bonds is 10. The number of benzene rings is 1. The first-order chi connectivity index (χ1) is 16.0. The van der Waals surface area contributed by atoms with E-state index in [-0.39, 0.29) is 29.5 Å². The van der Waals surface area contributed by atoms with Gasteiger partial charge in [-0.2, -0.15) is 8.78 Å². The first-order valence-electron chi connectivity index (χ1n) is 10.8. The predicted molar refractivity (Wildman–Crippen MR) is 132 cm³/mol. The Hall–Kier alpha value is -1.56. The van der Waals surface area contributed by atoms with Gasteiger partial charge in [-0.3, -0.25) is 0 Å². The number of carboxylic acid groups (broad SMARTS) is 1. The maximum atomic E-state index is 14.9. The summed E-state index contributed by atoms with van der Waals surface area (Å²) in [5.74, 6) is -4.83. The molecule has 1 aliphatic heterocycles. The van der Waals surface area contributed by atoms with E-state index in [2.05, 4.69) is 31.9 Å². The third-order valence-corrected chi connectivity index (χ3v) is 8.57. The lowest BCUT2D eigenvalue weighted by Crippen LogP contribution is -2.50. The summed E-state index contributed by atoms with van der Waals surface area (Å²) >= 11 is 7.72. The summed E-state index contributed by atoms with van der Waals surface area (Å²) in [6, 6.07) is 6.90. The monoisotopic (exact) mass is 623 g/mol. The van der Waals surface area contributed by atoms with Crippen LogP contribution in [0.4, 0.5) is 13.6 Å². The largest absolute Gasteiger partial charge is 0.477 e. The minimum Gasteiger partial charge on any atom is -0.477 e. The van der Waals surface area contributed by atoms with E-state index in [4.69, 9.17) is 9.84 Å². The van der Waals surface area contributed by atoms with Crippen molar-refractivity contribution in [1.82, 2.24) is 4.90 Å². The molecule has 0 radical (unpaired) electrons. The fourth-order valence-electron chi connectivity index (χ4n) is 4.13. The number of ether oxygens (including phenoxy) is 1. The van der Waals surface area contributed by atoms with Gasteiger partial charge in [-0.1, -0.05) is 35.0 Å². The number of aliphatic hydroxyl groups is 1. The van der Waals surface area contributed by atoms with Crippen LogP contribution < -0.4 is 0 Å². The molecular weight excluding hydrogens is 600 g/mol. The SMILES string of the molecule is CC(C[C@@H](O)C(F)(F)c1cccc(Br)c1)[C@H]1CCOC(=O)N1CCCc1sc(C(=O)O)cc1Br. The number of nitrogens with zero attached hydrogens (tertiary/aromatic N) is 1. The summed E-state index contributed by atoms with van der Waals surface area (Å²) in [5.41, 5.74) is -0.274. The van der Waals surface area contributed by atoms with Crippen LogP contribution in [-0.4, -0.2) is 52.5 Å². The maximum absolute atomic E-state index is 14.9. The Kier molecular flexibility index (Phi) is 9.10. The second kappa shape index (κ2) is 11.5. The molecule has 1 amide bonds. The lowest BCUT2D eigenvalue weighted by atomic mass is 9.88. The maximum Gasteiger partial charge on any atom is 0.410 e. The van der Waals surface area contributed by atoms with Gasteiger partial charge in [0.1, 0.15) is 11.0 Å². The molecule has 1 aromatic carbocycles. The Bertz CT molecular complexity index is 1030. The Morgan fingerprint density at radius 2 is 2.09 bits per heavy atom. The molecule has 11 heteroatoms. The van der Waals surface area contributed by atoms with Crippen LogP contribution in [0.25, 0.3) is 0 Å². The van der Waals surface area contributed by atoms with Crippen molar-refractivity contribution in [2.24, 2.45) is 5.92 Å². The average Bonchev–Trinajstić information content (AvgIpc) is 3.15. The molecule has 1 aliphatic rings. The number of halogens is 4. The Balaban J connectivity index is 1.64. The summed E-state index contributed by atoms with van der Waals surface area (Å²) in [5, 5.41) is 19.6. The number of carbonyl (C=O) groups excluding carboxylic acids is 1. The number of thiophene rings is 1. The average molecular weight is 625 g/mol. The summed E-state index contributed by atoms with van der Waals surface area (Å²) in [4.78, 5) is 26.2. The molecule has 0 spiro atoms. The number of carboxylic acids is 1. The zero-order valence-electron chi connectivity index (χ0n) is 18.3. The molecule has 3 rings (SSSR count). The fourth-order valence-corrected chi connectivity index (χ4v) is 6.28. The van der Waals surface area contributed by atoms with Gasteiger partial charge in [-0.25, -0.2) is 9.59 Å². The van der Waals surface area contributed by atoms with Crippen molar-refractivity contribution in [2.45, 2.75) is 50.7 Å². The topological polar surface area (TPSA) is 87.1 Å². The van der Waals surface area contributed by atoms with Crippen molar-refractivity contribution in [3.8, 4) is 0 Å². The molecule has 0 aliphatic carbocycles. The predicted octanol–water partition coefficient (Wildman–Crippen LogP) is 6.29. The van der Waals surface area contributed by atoms with Crippen LogP contribution in [0.5, 0.6) is 0 Å². The molecule has 2 N–H and O–H groups in total. The summed E-state index contributed by atoms with van der Waals surface area (Å²) < 4.78 is 36.2. The number of cyclic esters (lactones) is 1. The molecular formula is C23H25Br2F2NO5S. The highest BCUT2D eigenvalue weighted by atomic mass is 79.9. The van der Waals surface area contributed by atoms with E-state index in [1.54, 1.807) is 19.1 Å². The first kappa shape index (κ1) is 27.0. The van der Waals surface area contributed by atoms with Crippen LogP contribution in [0.1, 0.15) is 46.3 Å². The number of alkyl halides is 2. The van der Waals surface area contributed by atoms with Crippen LogP contribution in [-0.2, 0) is 17.1 Å². The molecule has 1 aromatic heterocycles. The lowest BCUT2D eigenvalue weighted by Gasteiger charge is -2.39. The third kappa shape index (κ3) is 6.35. The molecule has 186 valence electrons. The van der Waals surface area contributed by atoms with Crippen molar-refractivity contribution in [1.29, 1.82) is 0 Å². The van der Waals surface area contributed by atoms with E-state index < -0.39 is 30.0 Å². The van der Waals surface area contributed by atoms with Crippen molar-refractivity contribution >= 4 is 55.3 Å². The number of aryl methyl sites for hydroxylation is 1. The van der Waals surface area contributed by atoms with Crippen LogP contribution in [0.15, 0.2) is 39.3 Å². The summed E-state index contributed by atoms with van der Waals surface area (Å²) in [6.07, 6.45) is -1.03. The molecule has 2 heterocycles. The minimum atomic E-state index is -3.44. The highest BCUT2D eigenvalue weighted by molar-refractivity contribution is 9.10. The zero-order chi connectivity index (χ0) is 25.0. The van der Waals surface area contributed by atoms with Gasteiger partial charge in [0.05, 0.1) is 6.61 Å². The number of hydrogen-bond acceptors (Lipinski definition) is 5. The van der Waals surface area contributed by atoms with E-state index in [0.29, 0.717) is 34.8 Å². The molecule has 1 saturated heterocycles. The summed E-state index contributed by atoms with van der Waals surface area (Å²) in [6.45, 7) is 2.28. The fraction of sp³-hybridized carbons (Fsp3) is 0.478. The third-order valence-electron chi connectivity index (χ3n) is 5.92. The van der Waals surface area contributed by atoms with E-state index in [1.165, 1.54) is 34.4 Å². The Morgan fingerprint density at radius 1 is 1.35 bits per heavy atom. The molecule has 34 heavy (non-hydrogen) atoms. The smallest absolute Gasteiger partial charge is 0.410 e. The summed E-state index contributed by atoms with van der Waals surface area (Å²) in [7, 11) is 0. The van der Waals surface area contributed by atoms with Gasteiger partial charge >= 0.3 is 12.1 Å². The first-order valence-corrected chi connectivity index (χ1v) is 13.2. The quantitative estimate of drug-likeness (QED) is 0.324. The minimum absolute atomic E-state index is 0.188.